The number of guanidine groups is 1. The molecule has 0 aromatic rings. The molecule has 2 fully saturated rings. The lowest BCUT2D eigenvalue weighted by atomic mass is 10.1. The lowest BCUT2D eigenvalue weighted by Gasteiger charge is -2.21. The lowest BCUT2D eigenvalue weighted by Crippen LogP contribution is -2.46. The van der Waals surface area contributed by atoms with E-state index < -0.39 is 0 Å². The van der Waals surface area contributed by atoms with E-state index in [1.807, 2.05) is 4.90 Å². The number of unbranched alkanes of at least 4 members (excludes halogenated alkanes) is 1. The fourth-order valence-electron chi connectivity index (χ4n) is 3.49. The van der Waals surface area contributed by atoms with Gasteiger partial charge >= 0.3 is 0 Å². The van der Waals surface area contributed by atoms with E-state index >= 15 is 0 Å². The van der Waals surface area contributed by atoms with Gasteiger partial charge in [0.2, 0.25) is 5.91 Å². The van der Waals surface area contributed by atoms with Crippen molar-refractivity contribution in [2.24, 2.45) is 10.9 Å². The van der Waals surface area contributed by atoms with Gasteiger partial charge in [-0.05, 0) is 25.7 Å². The number of carbonyl (C=O) groups is 1. The number of aliphatic imine (C=N–C) groups is 1. The van der Waals surface area contributed by atoms with Crippen LogP contribution < -0.4 is 10.6 Å². The second-order valence-electron chi connectivity index (χ2n) is 6.86. The van der Waals surface area contributed by atoms with E-state index in [0.717, 1.165) is 64.3 Å². The molecule has 1 unspecified atom stereocenters. The van der Waals surface area contributed by atoms with Gasteiger partial charge in [-0.1, -0.05) is 26.2 Å². The maximum Gasteiger partial charge on any atom is 0.225 e. The van der Waals surface area contributed by atoms with Crippen LogP contribution in [0.2, 0.25) is 0 Å². The fraction of sp³-hybridized carbons (Fsp3) is 0.889. The second kappa shape index (κ2) is 12.7. The monoisotopic (exact) mass is 466 g/mol. The van der Waals surface area contributed by atoms with Crippen molar-refractivity contribution >= 4 is 35.8 Å². The Hall–Kier alpha value is -0.570. The van der Waals surface area contributed by atoms with Crippen LogP contribution in [0.15, 0.2) is 4.99 Å². The number of halogens is 1. The van der Waals surface area contributed by atoms with Crippen LogP contribution in [0, 0.1) is 5.92 Å². The minimum absolute atomic E-state index is 0. The second-order valence-corrected chi connectivity index (χ2v) is 6.86. The predicted molar refractivity (Wildman–Crippen MR) is 113 cm³/mol. The van der Waals surface area contributed by atoms with Crippen molar-refractivity contribution in [2.45, 2.75) is 57.9 Å². The Labute approximate surface area is 169 Å². The van der Waals surface area contributed by atoms with Gasteiger partial charge in [-0.15, -0.1) is 24.0 Å². The molecule has 1 heterocycles. The van der Waals surface area contributed by atoms with E-state index in [9.17, 15) is 4.79 Å². The first-order valence-corrected chi connectivity index (χ1v) is 9.58. The highest BCUT2D eigenvalue weighted by atomic mass is 127. The van der Waals surface area contributed by atoms with Crippen LogP contribution in [0.4, 0.5) is 0 Å². The van der Waals surface area contributed by atoms with Gasteiger partial charge in [0.25, 0.3) is 0 Å². The molecule has 2 rings (SSSR count). The third-order valence-electron chi connectivity index (χ3n) is 4.95. The summed E-state index contributed by atoms with van der Waals surface area (Å²) in [6.07, 6.45) is 7.84. The first-order chi connectivity index (χ1) is 11.7. The van der Waals surface area contributed by atoms with E-state index in [1.54, 1.807) is 7.05 Å². The molecular formula is C18H35IN4O2. The first-order valence-electron chi connectivity index (χ1n) is 9.58. The van der Waals surface area contributed by atoms with Crippen molar-refractivity contribution in [1.29, 1.82) is 0 Å². The summed E-state index contributed by atoms with van der Waals surface area (Å²) in [6.45, 7) is 6.09. The largest absolute Gasteiger partial charge is 0.380 e. The van der Waals surface area contributed by atoms with Crippen molar-refractivity contribution in [3.8, 4) is 0 Å². The van der Waals surface area contributed by atoms with Gasteiger partial charge < -0.3 is 20.3 Å². The van der Waals surface area contributed by atoms with Crippen LogP contribution in [0.5, 0.6) is 0 Å². The number of likely N-dealkylation sites (tertiary alicyclic amines) is 1. The number of rotatable bonds is 8. The summed E-state index contributed by atoms with van der Waals surface area (Å²) in [6, 6.07) is 0.294. The predicted octanol–water partition coefficient (Wildman–Crippen LogP) is 2.38. The Morgan fingerprint density at radius 2 is 2.00 bits per heavy atom. The quantitative estimate of drug-likeness (QED) is 0.250. The summed E-state index contributed by atoms with van der Waals surface area (Å²) in [5.74, 6) is 1.44. The van der Waals surface area contributed by atoms with Crippen LogP contribution in [0.3, 0.4) is 0 Å². The average molecular weight is 466 g/mol. The molecule has 6 nitrogen and oxygen atoms in total. The van der Waals surface area contributed by atoms with Crippen molar-refractivity contribution in [3.63, 3.8) is 0 Å². The Bertz CT molecular complexity index is 414. The van der Waals surface area contributed by atoms with Crippen LogP contribution in [0.25, 0.3) is 0 Å². The summed E-state index contributed by atoms with van der Waals surface area (Å²) in [5, 5.41) is 6.72. The zero-order chi connectivity index (χ0) is 17.2. The zero-order valence-electron chi connectivity index (χ0n) is 15.8. The molecule has 2 aliphatic rings. The van der Waals surface area contributed by atoms with E-state index in [-0.39, 0.29) is 29.9 Å². The third-order valence-corrected chi connectivity index (χ3v) is 4.95. The Kier molecular flexibility index (Phi) is 11.4. The number of hydrogen-bond acceptors (Lipinski definition) is 3. The van der Waals surface area contributed by atoms with Crippen molar-refractivity contribution in [3.05, 3.63) is 0 Å². The van der Waals surface area contributed by atoms with Crippen molar-refractivity contribution in [1.82, 2.24) is 15.5 Å². The topological polar surface area (TPSA) is 66.0 Å². The highest BCUT2D eigenvalue weighted by Crippen LogP contribution is 2.27. The summed E-state index contributed by atoms with van der Waals surface area (Å²) in [4.78, 5) is 18.8. The van der Waals surface area contributed by atoms with Gasteiger partial charge in [0.1, 0.15) is 0 Å². The van der Waals surface area contributed by atoms with Gasteiger partial charge in [0.15, 0.2) is 5.96 Å². The Morgan fingerprint density at radius 1 is 1.24 bits per heavy atom. The van der Waals surface area contributed by atoms with Crippen LogP contribution in [-0.4, -0.2) is 62.7 Å². The lowest BCUT2D eigenvalue weighted by molar-refractivity contribution is -0.134. The van der Waals surface area contributed by atoms with Crippen molar-refractivity contribution in [2.75, 3.05) is 39.9 Å². The Balaban J connectivity index is 0.00000312. The number of nitrogens with zero attached hydrogens (tertiary/aromatic N) is 2. The molecule has 2 N–H and O–H groups in total. The van der Waals surface area contributed by atoms with E-state index in [2.05, 4.69) is 22.5 Å². The molecule has 25 heavy (non-hydrogen) atoms. The molecule has 1 amide bonds. The highest BCUT2D eigenvalue weighted by Gasteiger charge is 2.32. The van der Waals surface area contributed by atoms with Crippen LogP contribution in [0.1, 0.15) is 51.9 Å². The van der Waals surface area contributed by atoms with Gasteiger partial charge in [0, 0.05) is 45.2 Å². The summed E-state index contributed by atoms with van der Waals surface area (Å²) < 4.78 is 5.55. The molecule has 0 spiro atoms. The molecular weight excluding hydrogens is 431 g/mol. The standard InChI is InChI=1S/C18H34N4O2.HI/c1-3-4-12-24-13-10-20-18(19-2)21-16-9-11-22(14-16)17(23)15-7-5-6-8-15;/h15-16H,3-14H2,1-2H3,(H2,19,20,21);1H. The minimum atomic E-state index is 0. The number of nitrogens with one attached hydrogen (secondary N) is 2. The first kappa shape index (κ1) is 22.5. The number of hydrogen-bond donors (Lipinski definition) is 2. The normalized spacial score (nSPS) is 21.3. The van der Waals surface area contributed by atoms with Gasteiger partial charge in [-0.25, -0.2) is 0 Å². The third kappa shape index (κ3) is 7.68. The number of ether oxygens (including phenoxy) is 1. The molecule has 1 saturated carbocycles. The van der Waals surface area contributed by atoms with E-state index in [1.165, 1.54) is 12.8 Å². The molecule has 0 radical (unpaired) electrons. The fourth-order valence-corrected chi connectivity index (χ4v) is 3.49. The van der Waals surface area contributed by atoms with E-state index in [4.69, 9.17) is 4.74 Å². The average Bonchev–Trinajstić information content (AvgIpc) is 3.28. The van der Waals surface area contributed by atoms with Crippen LogP contribution in [-0.2, 0) is 9.53 Å². The maximum atomic E-state index is 12.5. The van der Waals surface area contributed by atoms with E-state index in [0.29, 0.717) is 18.6 Å². The molecule has 0 aromatic heterocycles. The van der Waals surface area contributed by atoms with Gasteiger partial charge in [-0.2, -0.15) is 0 Å². The Morgan fingerprint density at radius 3 is 2.68 bits per heavy atom. The summed E-state index contributed by atoms with van der Waals surface area (Å²) >= 11 is 0. The zero-order valence-corrected chi connectivity index (χ0v) is 18.1. The molecule has 1 aliphatic heterocycles. The molecule has 0 aromatic carbocycles. The number of amides is 1. The van der Waals surface area contributed by atoms with Gasteiger partial charge in [0.05, 0.1) is 6.61 Å². The molecule has 0 bridgehead atoms. The maximum absolute atomic E-state index is 12.5. The highest BCUT2D eigenvalue weighted by molar-refractivity contribution is 14.0. The molecule has 7 heteroatoms. The number of carbonyl (C=O) groups excluding carboxylic acids is 1. The molecule has 146 valence electrons. The summed E-state index contributed by atoms with van der Waals surface area (Å²) in [7, 11) is 1.78. The SMILES string of the molecule is CCCCOCCNC(=NC)NC1CCN(C(=O)C2CCCC2)C1.I. The molecule has 1 aliphatic carbocycles. The summed E-state index contributed by atoms with van der Waals surface area (Å²) in [5.41, 5.74) is 0. The molecule has 1 saturated heterocycles. The van der Waals surface area contributed by atoms with Crippen LogP contribution >= 0.6 is 24.0 Å². The smallest absolute Gasteiger partial charge is 0.225 e. The van der Waals surface area contributed by atoms with Crippen molar-refractivity contribution < 1.29 is 9.53 Å². The van der Waals surface area contributed by atoms with Gasteiger partial charge in [-0.3, -0.25) is 9.79 Å². The minimum Gasteiger partial charge on any atom is -0.380 e. The molecule has 1 atom stereocenters.